The molecule has 0 aliphatic carbocycles. The molecule has 2 heterocycles. The first kappa shape index (κ1) is 34.3. The quantitative estimate of drug-likeness (QED) is 0.238. The fourth-order valence-electron chi connectivity index (χ4n) is 6.31. The van der Waals surface area contributed by atoms with E-state index in [-0.39, 0.29) is 30.0 Å². The van der Waals surface area contributed by atoms with Crippen LogP contribution < -0.4 is 14.5 Å². The summed E-state index contributed by atoms with van der Waals surface area (Å²) in [5.74, 6) is 0.542. The van der Waals surface area contributed by atoms with Crippen molar-refractivity contribution in [1.29, 1.82) is 0 Å². The summed E-state index contributed by atoms with van der Waals surface area (Å²) in [4.78, 5) is 46.9. The Morgan fingerprint density at radius 3 is 2.21 bits per heavy atom. The predicted molar refractivity (Wildman–Crippen MR) is 185 cm³/mol. The molecule has 0 N–H and O–H groups in total. The maximum atomic E-state index is 13.9. The van der Waals surface area contributed by atoms with Crippen molar-refractivity contribution in [3.8, 4) is 5.75 Å². The lowest BCUT2D eigenvalue weighted by Gasteiger charge is -2.43. The van der Waals surface area contributed by atoms with Gasteiger partial charge in [0.25, 0.3) is 5.91 Å². The Morgan fingerprint density at radius 2 is 1.57 bits per heavy atom. The van der Waals surface area contributed by atoms with Gasteiger partial charge in [0.1, 0.15) is 11.4 Å². The highest BCUT2D eigenvalue weighted by Crippen LogP contribution is 2.43. The van der Waals surface area contributed by atoms with Crippen LogP contribution in [0.15, 0.2) is 72.8 Å². The van der Waals surface area contributed by atoms with Crippen LogP contribution in [0.3, 0.4) is 0 Å². The second kappa shape index (κ2) is 14.8. The molecule has 3 aromatic rings. The first-order valence-corrected chi connectivity index (χ1v) is 16.7. The molecule has 2 aliphatic rings. The van der Waals surface area contributed by atoms with Gasteiger partial charge in [-0.05, 0) is 101 Å². The van der Waals surface area contributed by atoms with Crippen LogP contribution in [-0.4, -0.2) is 78.7 Å². The standard InChI is InChI=1S/C37H45ClN4O5/c1-26-25-34(42(27(2)43)30-15-13-29(38)14-16-30)32-9-6-7-10-33(32)41(26)35(44)28-11-17-31(18-12-28)46-24-8-19-39-20-22-40(23-21-39)36(45)47-37(3,4)5/h6-7,9-18,26,34H,8,19-25H2,1-5H3. The number of para-hydroxylation sites is 1. The molecule has 0 saturated carbocycles. The van der Waals surface area contributed by atoms with Crippen LogP contribution in [0.25, 0.3) is 0 Å². The van der Waals surface area contributed by atoms with Crippen LogP contribution >= 0.6 is 11.6 Å². The SMILES string of the molecule is CC(=O)N(c1ccc(Cl)cc1)C1CC(C)N(C(=O)c2ccc(OCCCN3CCN(C(=O)OC(C)(C)C)CC3)cc2)c2ccccc21. The van der Waals surface area contributed by atoms with E-state index in [4.69, 9.17) is 21.1 Å². The van der Waals surface area contributed by atoms with E-state index in [9.17, 15) is 14.4 Å². The van der Waals surface area contributed by atoms with Crippen molar-refractivity contribution in [2.24, 2.45) is 0 Å². The van der Waals surface area contributed by atoms with Crippen LogP contribution in [0.1, 0.15) is 69.4 Å². The van der Waals surface area contributed by atoms with Gasteiger partial charge in [-0.1, -0.05) is 29.8 Å². The summed E-state index contributed by atoms with van der Waals surface area (Å²) in [6.07, 6.45) is 1.19. The van der Waals surface area contributed by atoms with Crippen molar-refractivity contribution in [1.82, 2.24) is 9.80 Å². The fraction of sp³-hybridized carbons (Fsp3) is 0.432. The van der Waals surface area contributed by atoms with Crippen molar-refractivity contribution >= 4 is 40.9 Å². The summed E-state index contributed by atoms with van der Waals surface area (Å²) in [6, 6.07) is 22.0. The molecule has 5 rings (SSSR count). The zero-order valence-corrected chi connectivity index (χ0v) is 28.7. The van der Waals surface area contributed by atoms with Gasteiger partial charge in [0.05, 0.1) is 12.6 Å². The highest BCUT2D eigenvalue weighted by Gasteiger charge is 2.38. The smallest absolute Gasteiger partial charge is 0.410 e. The Bertz CT molecular complexity index is 1550. The van der Waals surface area contributed by atoms with Crippen molar-refractivity contribution in [2.75, 3.05) is 49.1 Å². The summed E-state index contributed by atoms with van der Waals surface area (Å²) >= 11 is 6.12. The van der Waals surface area contributed by atoms with E-state index in [1.54, 1.807) is 28.9 Å². The first-order chi connectivity index (χ1) is 22.4. The highest BCUT2D eigenvalue weighted by atomic mass is 35.5. The lowest BCUT2D eigenvalue weighted by molar-refractivity contribution is -0.117. The predicted octanol–water partition coefficient (Wildman–Crippen LogP) is 7.19. The number of carbonyl (C=O) groups is 3. The number of amides is 3. The molecule has 0 spiro atoms. The monoisotopic (exact) mass is 660 g/mol. The molecular formula is C37H45ClN4O5. The molecule has 2 unspecified atom stereocenters. The number of hydrogen-bond donors (Lipinski definition) is 0. The van der Waals surface area contributed by atoms with E-state index in [0.717, 1.165) is 43.0 Å². The van der Waals surface area contributed by atoms with Gasteiger partial charge < -0.3 is 24.2 Å². The minimum Gasteiger partial charge on any atom is -0.494 e. The molecular weight excluding hydrogens is 616 g/mol. The Kier molecular flexibility index (Phi) is 10.8. The summed E-state index contributed by atoms with van der Waals surface area (Å²) < 4.78 is 11.5. The molecule has 10 heteroatoms. The largest absolute Gasteiger partial charge is 0.494 e. The van der Waals surface area contributed by atoms with E-state index in [1.165, 1.54) is 0 Å². The van der Waals surface area contributed by atoms with Crippen molar-refractivity contribution in [2.45, 2.75) is 65.1 Å². The highest BCUT2D eigenvalue weighted by molar-refractivity contribution is 6.30. The third-order valence-electron chi connectivity index (χ3n) is 8.55. The molecule has 1 saturated heterocycles. The number of halogens is 1. The molecule has 2 aliphatic heterocycles. The molecule has 0 radical (unpaired) electrons. The second-order valence-corrected chi connectivity index (χ2v) is 13.7. The average molecular weight is 661 g/mol. The molecule has 0 bridgehead atoms. The van der Waals surface area contributed by atoms with E-state index < -0.39 is 5.60 Å². The number of carbonyl (C=O) groups excluding carboxylic acids is 3. The molecule has 2 atom stereocenters. The molecule has 3 aromatic carbocycles. The molecule has 9 nitrogen and oxygen atoms in total. The summed E-state index contributed by atoms with van der Waals surface area (Å²) in [7, 11) is 0. The molecule has 1 fully saturated rings. The zero-order valence-electron chi connectivity index (χ0n) is 27.9. The normalized spacial score (nSPS) is 18.3. The van der Waals surface area contributed by atoms with Crippen LogP contribution in [0, 0.1) is 0 Å². The van der Waals surface area contributed by atoms with Gasteiger partial charge in [0, 0.05) is 67.7 Å². The summed E-state index contributed by atoms with van der Waals surface area (Å²) in [5.41, 5.74) is 2.58. The molecule has 0 aromatic heterocycles. The van der Waals surface area contributed by atoms with E-state index >= 15 is 0 Å². The molecule has 47 heavy (non-hydrogen) atoms. The number of anilines is 2. The van der Waals surface area contributed by atoms with Gasteiger partial charge in [-0.25, -0.2) is 4.79 Å². The Morgan fingerprint density at radius 1 is 0.915 bits per heavy atom. The maximum absolute atomic E-state index is 13.9. The zero-order chi connectivity index (χ0) is 33.7. The maximum Gasteiger partial charge on any atom is 0.410 e. The second-order valence-electron chi connectivity index (χ2n) is 13.2. The van der Waals surface area contributed by atoms with Crippen LogP contribution in [0.5, 0.6) is 5.75 Å². The van der Waals surface area contributed by atoms with Gasteiger partial charge in [-0.15, -0.1) is 0 Å². The number of ether oxygens (including phenoxy) is 2. The van der Waals surface area contributed by atoms with Gasteiger partial charge >= 0.3 is 6.09 Å². The minimum atomic E-state index is -0.489. The van der Waals surface area contributed by atoms with Gasteiger partial charge in [0.15, 0.2) is 0 Å². The third kappa shape index (κ3) is 8.45. The minimum absolute atomic E-state index is 0.0736. The Balaban J connectivity index is 1.17. The first-order valence-electron chi connectivity index (χ1n) is 16.3. The third-order valence-corrected chi connectivity index (χ3v) is 8.80. The molecule has 3 amide bonds. The molecule has 250 valence electrons. The topological polar surface area (TPSA) is 82.6 Å². The number of piperazine rings is 1. The number of hydrogen-bond acceptors (Lipinski definition) is 6. The fourth-order valence-corrected chi connectivity index (χ4v) is 6.44. The van der Waals surface area contributed by atoms with Crippen molar-refractivity contribution in [3.63, 3.8) is 0 Å². The Hall–Kier alpha value is -4.08. The van der Waals surface area contributed by atoms with Gasteiger partial charge in [0.2, 0.25) is 5.91 Å². The van der Waals surface area contributed by atoms with Gasteiger partial charge in [-0.2, -0.15) is 0 Å². The number of fused-ring (bicyclic) bond motifs is 1. The number of nitrogens with zero attached hydrogens (tertiary/aromatic N) is 4. The van der Waals surface area contributed by atoms with Crippen LogP contribution in [0.2, 0.25) is 5.02 Å². The summed E-state index contributed by atoms with van der Waals surface area (Å²) in [5, 5.41) is 0.606. The van der Waals surface area contributed by atoms with Crippen LogP contribution in [0.4, 0.5) is 16.2 Å². The van der Waals surface area contributed by atoms with Gasteiger partial charge in [-0.3, -0.25) is 14.5 Å². The lowest BCUT2D eigenvalue weighted by atomic mass is 9.89. The van der Waals surface area contributed by atoms with E-state index in [0.29, 0.717) is 42.5 Å². The number of rotatable bonds is 8. The Labute approximate surface area is 283 Å². The van der Waals surface area contributed by atoms with Crippen molar-refractivity contribution in [3.05, 3.63) is 88.9 Å². The lowest BCUT2D eigenvalue weighted by Crippen LogP contribution is -2.50. The van der Waals surface area contributed by atoms with Crippen molar-refractivity contribution < 1.29 is 23.9 Å². The van der Waals surface area contributed by atoms with E-state index in [1.807, 2.05) is 93.3 Å². The van der Waals surface area contributed by atoms with E-state index in [2.05, 4.69) is 4.90 Å². The average Bonchev–Trinajstić information content (AvgIpc) is 3.03. The summed E-state index contributed by atoms with van der Waals surface area (Å²) in [6.45, 7) is 13.6. The van der Waals surface area contributed by atoms with Crippen LogP contribution in [-0.2, 0) is 9.53 Å². The number of benzene rings is 3.